The molecule has 0 aliphatic rings. The number of para-hydroxylation sites is 1. The number of rotatable bonds is 6. The van der Waals surface area contributed by atoms with Crippen molar-refractivity contribution in [3.8, 4) is 6.07 Å². The average Bonchev–Trinajstić information content (AvgIpc) is 2.82. The molecular weight excluding hydrogens is 326 g/mol. The molecule has 0 spiro atoms. The van der Waals surface area contributed by atoms with Crippen LogP contribution in [0.5, 0.6) is 0 Å². The highest BCUT2D eigenvalue weighted by atomic mass is 28.4. The Balaban J connectivity index is 2.13. The monoisotopic (exact) mass is 355 g/mol. The van der Waals surface area contributed by atoms with Gasteiger partial charge in [0.15, 0.2) is 8.32 Å². The van der Waals surface area contributed by atoms with Gasteiger partial charge in [-0.3, -0.25) is 0 Å². The molecule has 134 valence electrons. The molecule has 1 aromatic heterocycles. The Labute approximate surface area is 152 Å². The predicted molar refractivity (Wildman–Crippen MR) is 107 cm³/mol. The summed E-state index contributed by atoms with van der Waals surface area (Å²) in [6.07, 6.45) is 0. The van der Waals surface area contributed by atoms with Crippen molar-refractivity contribution in [1.82, 2.24) is 4.57 Å². The van der Waals surface area contributed by atoms with E-state index in [-0.39, 0.29) is 5.04 Å². The quantitative estimate of drug-likeness (QED) is 0.703. The van der Waals surface area contributed by atoms with Crippen LogP contribution in [0.3, 0.4) is 0 Å². The smallest absolute Gasteiger partial charge is 0.192 e. The molecule has 25 heavy (non-hydrogen) atoms. The van der Waals surface area contributed by atoms with Crippen LogP contribution in [0.25, 0.3) is 0 Å². The SMILES string of the molecule is Cc1cc(Nc2ccccc2)c(C#N)n1CCO[Si](C)(C)C(C)(C)C. The molecule has 2 aromatic rings. The van der Waals surface area contributed by atoms with Gasteiger partial charge in [0.1, 0.15) is 11.8 Å². The fraction of sp³-hybridized carbons (Fsp3) is 0.450. The predicted octanol–water partition coefficient (Wildman–Crippen LogP) is 5.43. The summed E-state index contributed by atoms with van der Waals surface area (Å²) in [5, 5.41) is 13.2. The van der Waals surface area contributed by atoms with Crippen LogP contribution in [0.4, 0.5) is 11.4 Å². The van der Waals surface area contributed by atoms with Crippen LogP contribution in [-0.4, -0.2) is 19.5 Å². The van der Waals surface area contributed by atoms with Gasteiger partial charge >= 0.3 is 0 Å². The summed E-state index contributed by atoms with van der Waals surface area (Å²) in [6.45, 7) is 14.6. The van der Waals surface area contributed by atoms with Gasteiger partial charge in [0.2, 0.25) is 0 Å². The highest BCUT2D eigenvalue weighted by Crippen LogP contribution is 2.36. The maximum atomic E-state index is 9.64. The first-order valence-electron chi connectivity index (χ1n) is 8.72. The maximum absolute atomic E-state index is 9.64. The van der Waals surface area contributed by atoms with Gasteiger partial charge in [0.05, 0.1) is 12.3 Å². The van der Waals surface area contributed by atoms with Crippen LogP contribution in [0, 0.1) is 18.3 Å². The lowest BCUT2D eigenvalue weighted by molar-refractivity contribution is 0.270. The summed E-state index contributed by atoms with van der Waals surface area (Å²) in [6, 6.07) is 14.3. The van der Waals surface area contributed by atoms with Crippen molar-refractivity contribution in [3.63, 3.8) is 0 Å². The van der Waals surface area contributed by atoms with E-state index in [4.69, 9.17) is 4.43 Å². The molecule has 0 aliphatic carbocycles. The van der Waals surface area contributed by atoms with Crippen LogP contribution >= 0.6 is 0 Å². The van der Waals surface area contributed by atoms with Gasteiger partial charge in [-0.15, -0.1) is 0 Å². The molecule has 0 bridgehead atoms. The van der Waals surface area contributed by atoms with Crippen molar-refractivity contribution < 1.29 is 4.43 Å². The summed E-state index contributed by atoms with van der Waals surface area (Å²) in [5.41, 5.74) is 3.54. The standard InChI is InChI=1S/C20H29N3OSi/c1-16-14-18(22-17-10-8-7-9-11-17)19(15-21)23(16)12-13-24-25(5,6)20(2,3)4/h7-11,14,22H,12-13H2,1-6H3. The summed E-state index contributed by atoms with van der Waals surface area (Å²) in [5.74, 6) is 0. The summed E-state index contributed by atoms with van der Waals surface area (Å²) in [4.78, 5) is 0. The van der Waals surface area contributed by atoms with Crippen molar-refractivity contribution in [2.45, 2.75) is 52.4 Å². The van der Waals surface area contributed by atoms with E-state index >= 15 is 0 Å². The van der Waals surface area contributed by atoms with Crippen LogP contribution in [0.1, 0.15) is 32.2 Å². The Hall–Kier alpha value is -2.03. The molecule has 0 fully saturated rings. The Morgan fingerprint density at radius 1 is 1.20 bits per heavy atom. The number of aryl methyl sites for hydroxylation is 1. The van der Waals surface area contributed by atoms with E-state index in [1.165, 1.54) is 0 Å². The number of aromatic nitrogens is 1. The van der Waals surface area contributed by atoms with Gasteiger partial charge in [-0.05, 0) is 43.3 Å². The van der Waals surface area contributed by atoms with Crippen LogP contribution in [0.2, 0.25) is 18.1 Å². The molecule has 2 rings (SSSR count). The largest absolute Gasteiger partial charge is 0.415 e. The van der Waals surface area contributed by atoms with Gasteiger partial charge in [-0.1, -0.05) is 39.0 Å². The van der Waals surface area contributed by atoms with E-state index in [9.17, 15) is 5.26 Å². The number of hydrogen-bond acceptors (Lipinski definition) is 3. The maximum Gasteiger partial charge on any atom is 0.192 e. The van der Waals surface area contributed by atoms with Gasteiger partial charge in [-0.2, -0.15) is 5.26 Å². The van der Waals surface area contributed by atoms with Crippen LogP contribution < -0.4 is 5.32 Å². The van der Waals surface area contributed by atoms with E-state index in [0.29, 0.717) is 18.8 Å². The lowest BCUT2D eigenvalue weighted by Gasteiger charge is -2.36. The van der Waals surface area contributed by atoms with Crippen molar-refractivity contribution in [3.05, 3.63) is 47.8 Å². The molecule has 0 unspecified atom stereocenters. The topological polar surface area (TPSA) is 50.0 Å². The second-order valence-electron chi connectivity index (χ2n) is 7.91. The van der Waals surface area contributed by atoms with Gasteiger partial charge in [0.25, 0.3) is 0 Å². The first kappa shape index (κ1) is 19.3. The molecule has 0 aliphatic heterocycles. The first-order chi connectivity index (χ1) is 11.7. The zero-order chi connectivity index (χ0) is 18.7. The summed E-state index contributed by atoms with van der Waals surface area (Å²) >= 11 is 0. The molecule has 0 amide bonds. The van der Waals surface area contributed by atoms with E-state index < -0.39 is 8.32 Å². The number of nitrogens with one attached hydrogen (secondary N) is 1. The molecule has 1 N–H and O–H groups in total. The zero-order valence-corrected chi connectivity index (χ0v) is 17.2. The third-order valence-corrected chi connectivity index (χ3v) is 9.58. The Kier molecular flexibility index (Phi) is 5.76. The number of nitriles is 1. The minimum absolute atomic E-state index is 0.191. The van der Waals surface area contributed by atoms with Crippen molar-refractivity contribution in [2.24, 2.45) is 0 Å². The normalized spacial score (nSPS) is 12.0. The number of anilines is 2. The van der Waals surface area contributed by atoms with Crippen LogP contribution in [0.15, 0.2) is 36.4 Å². The number of nitrogens with zero attached hydrogens (tertiary/aromatic N) is 2. The molecule has 1 aromatic carbocycles. The number of benzene rings is 1. The fourth-order valence-corrected chi connectivity index (χ4v) is 3.50. The fourth-order valence-electron chi connectivity index (χ4n) is 2.47. The second-order valence-corrected chi connectivity index (χ2v) is 12.7. The van der Waals surface area contributed by atoms with E-state index in [0.717, 1.165) is 17.1 Å². The molecule has 4 nitrogen and oxygen atoms in total. The van der Waals surface area contributed by atoms with Gasteiger partial charge in [0, 0.05) is 17.9 Å². The third-order valence-electron chi connectivity index (χ3n) is 5.05. The first-order valence-corrected chi connectivity index (χ1v) is 11.6. The highest BCUT2D eigenvalue weighted by Gasteiger charge is 2.36. The van der Waals surface area contributed by atoms with E-state index in [2.05, 4.69) is 45.3 Å². The molecular formula is C20H29N3OSi. The van der Waals surface area contributed by atoms with E-state index in [1.807, 2.05) is 47.9 Å². The lowest BCUT2D eigenvalue weighted by Crippen LogP contribution is -2.41. The van der Waals surface area contributed by atoms with Crippen LogP contribution in [-0.2, 0) is 11.0 Å². The Morgan fingerprint density at radius 2 is 1.84 bits per heavy atom. The lowest BCUT2D eigenvalue weighted by atomic mass is 10.2. The zero-order valence-electron chi connectivity index (χ0n) is 16.2. The van der Waals surface area contributed by atoms with Crippen molar-refractivity contribution in [2.75, 3.05) is 11.9 Å². The third kappa shape index (κ3) is 4.53. The van der Waals surface area contributed by atoms with E-state index in [1.54, 1.807) is 0 Å². The highest BCUT2D eigenvalue weighted by molar-refractivity contribution is 6.74. The molecule has 1 heterocycles. The Morgan fingerprint density at radius 3 is 2.40 bits per heavy atom. The van der Waals surface area contributed by atoms with Gasteiger partial charge in [-0.25, -0.2) is 0 Å². The molecule has 0 atom stereocenters. The molecule has 0 saturated heterocycles. The molecule has 0 radical (unpaired) electrons. The number of hydrogen-bond donors (Lipinski definition) is 1. The molecule has 5 heteroatoms. The minimum atomic E-state index is -1.77. The van der Waals surface area contributed by atoms with Crippen molar-refractivity contribution in [1.29, 1.82) is 5.26 Å². The average molecular weight is 356 g/mol. The summed E-state index contributed by atoms with van der Waals surface area (Å²) in [7, 11) is -1.77. The van der Waals surface area contributed by atoms with Gasteiger partial charge < -0.3 is 14.3 Å². The minimum Gasteiger partial charge on any atom is -0.415 e. The van der Waals surface area contributed by atoms with Crippen molar-refractivity contribution >= 4 is 19.7 Å². The second kappa shape index (κ2) is 7.47. The molecule has 0 saturated carbocycles. The summed E-state index contributed by atoms with van der Waals surface area (Å²) < 4.78 is 8.31. The Bertz CT molecular complexity index is 752.